The molecule has 1 aliphatic carbocycles. The predicted octanol–water partition coefficient (Wildman–Crippen LogP) is 6.35. The Morgan fingerprint density at radius 1 is 0.892 bits per heavy atom. The molecule has 1 aromatic heterocycles. The fourth-order valence-corrected chi connectivity index (χ4v) is 4.53. The second kappa shape index (κ2) is 11.2. The quantitative estimate of drug-likeness (QED) is 0.277. The molecule has 0 atom stereocenters. The number of aliphatic carboxylic acids is 1. The van der Waals surface area contributed by atoms with Crippen molar-refractivity contribution in [2.24, 2.45) is 0 Å². The van der Waals surface area contributed by atoms with Crippen LogP contribution in [0.25, 0.3) is 11.3 Å². The van der Waals surface area contributed by atoms with Crippen molar-refractivity contribution in [3.63, 3.8) is 0 Å². The molecule has 0 bridgehead atoms. The molecular weight excluding hydrogens is 466 g/mol. The van der Waals surface area contributed by atoms with E-state index in [1.165, 1.54) is 0 Å². The zero-order valence-electron chi connectivity index (χ0n) is 20.5. The van der Waals surface area contributed by atoms with Crippen LogP contribution in [0.2, 0.25) is 0 Å². The third-order valence-corrected chi connectivity index (χ3v) is 6.85. The van der Waals surface area contributed by atoms with Crippen LogP contribution >= 0.6 is 0 Å². The molecule has 4 aromatic rings. The second-order valence-electron chi connectivity index (χ2n) is 9.34. The lowest BCUT2D eigenvalue weighted by atomic mass is 9.90. The van der Waals surface area contributed by atoms with Crippen LogP contribution in [0.5, 0.6) is 5.75 Å². The highest BCUT2D eigenvalue weighted by Crippen LogP contribution is 2.29. The topological polar surface area (TPSA) is 80.0 Å². The van der Waals surface area contributed by atoms with Crippen molar-refractivity contribution < 1.29 is 23.8 Å². The van der Waals surface area contributed by atoms with Crippen LogP contribution in [0.15, 0.2) is 95.6 Å². The summed E-state index contributed by atoms with van der Waals surface area (Å²) in [6.45, 7) is 0.875. The number of carboxylic acid groups (broad SMARTS) is 1. The molecule has 1 heterocycles. The molecule has 1 saturated carbocycles. The zero-order chi connectivity index (χ0) is 25.6. The van der Waals surface area contributed by atoms with Crippen LogP contribution in [-0.4, -0.2) is 27.9 Å². The number of rotatable bonds is 10. The Labute approximate surface area is 216 Å². The number of benzene rings is 3. The van der Waals surface area contributed by atoms with Gasteiger partial charge in [0.25, 0.3) is 5.91 Å². The molecule has 37 heavy (non-hydrogen) atoms. The summed E-state index contributed by atoms with van der Waals surface area (Å²) in [7, 11) is 0. The highest BCUT2D eigenvalue weighted by atomic mass is 16.5. The van der Waals surface area contributed by atoms with Crippen molar-refractivity contribution >= 4 is 11.9 Å². The molecule has 188 valence electrons. The number of amides is 1. The number of ether oxygens (including phenoxy) is 1. The van der Waals surface area contributed by atoms with Crippen LogP contribution in [0.4, 0.5) is 0 Å². The van der Waals surface area contributed by atoms with Gasteiger partial charge in [0.15, 0.2) is 0 Å². The minimum atomic E-state index is -0.860. The van der Waals surface area contributed by atoms with Gasteiger partial charge < -0.3 is 19.2 Å². The van der Waals surface area contributed by atoms with E-state index in [1.807, 2.05) is 65.6 Å². The summed E-state index contributed by atoms with van der Waals surface area (Å²) in [5, 5.41) is 8.95. The molecule has 0 radical (unpaired) electrons. The lowest BCUT2D eigenvalue weighted by Crippen LogP contribution is -2.43. The number of nitrogens with zero attached hydrogens (tertiary/aromatic N) is 1. The lowest BCUT2D eigenvalue weighted by Gasteiger charge is -2.38. The van der Waals surface area contributed by atoms with Gasteiger partial charge >= 0.3 is 5.97 Å². The Bertz CT molecular complexity index is 1340. The van der Waals surface area contributed by atoms with Crippen molar-refractivity contribution in [3.8, 4) is 17.1 Å². The number of furan rings is 1. The Morgan fingerprint density at radius 3 is 2.24 bits per heavy atom. The maximum atomic E-state index is 13.6. The van der Waals surface area contributed by atoms with E-state index in [0.29, 0.717) is 24.5 Å². The number of carboxylic acids is 1. The molecule has 1 N–H and O–H groups in total. The molecule has 3 aromatic carbocycles. The minimum absolute atomic E-state index is 0.0142. The van der Waals surface area contributed by atoms with Crippen molar-refractivity contribution in [2.45, 2.75) is 44.9 Å². The molecule has 1 amide bonds. The van der Waals surface area contributed by atoms with E-state index in [0.717, 1.165) is 47.3 Å². The van der Waals surface area contributed by atoms with Gasteiger partial charge in [0, 0.05) is 23.7 Å². The van der Waals surface area contributed by atoms with Gasteiger partial charge in [-0.2, -0.15) is 0 Å². The summed E-state index contributed by atoms with van der Waals surface area (Å²) in [5.41, 5.74) is 4.40. The molecular formula is C31H29NO5. The first kappa shape index (κ1) is 24.4. The molecule has 1 aliphatic rings. The Morgan fingerprint density at radius 2 is 1.62 bits per heavy atom. The molecule has 6 nitrogen and oxygen atoms in total. The molecule has 0 aliphatic heterocycles. The average Bonchev–Trinajstić information content (AvgIpc) is 3.42. The smallest absolute Gasteiger partial charge is 0.307 e. The fourth-order valence-electron chi connectivity index (χ4n) is 4.53. The largest absolute Gasteiger partial charge is 0.489 e. The van der Waals surface area contributed by atoms with E-state index in [4.69, 9.17) is 14.3 Å². The molecule has 0 unspecified atom stereocenters. The van der Waals surface area contributed by atoms with Crippen molar-refractivity contribution in [1.29, 1.82) is 0 Å². The van der Waals surface area contributed by atoms with Crippen LogP contribution in [-0.2, 0) is 24.4 Å². The SMILES string of the molecule is O=C(O)Cc1ccc(OCc2ccccc2CN(C(=O)c2ccc(-c3ccco3)cc2)C2CCC2)cc1. The van der Waals surface area contributed by atoms with E-state index < -0.39 is 5.97 Å². The van der Waals surface area contributed by atoms with Gasteiger partial charge in [0.05, 0.1) is 12.7 Å². The summed E-state index contributed by atoms with van der Waals surface area (Å²) in [4.78, 5) is 26.5. The van der Waals surface area contributed by atoms with E-state index >= 15 is 0 Å². The third kappa shape index (κ3) is 5.92. The number of carbonyl (C=O) groups is 2. The van der Waals surface area contributed by atoms with E-state index in [9.17, 15) is 9.59 Å². The Hall–Kier alpha value is -4.32. The summed E-state index contributed by atoms with van der Waals surface area (Å²) in [5.74, 6) is 0.620. The van der Waals surface area contributed by atoms with Gasteiger partial charge in [-0.05, 0) is 72.4 Å². The molecule has 6 heteroatoms. The van der Waals surface area contributed by atoms with Gasteiger partial charge in [-0.25, -0.2) is 0 Å². The van der Waals surface area contributed by atoms with Crippen molar-refractivity contribution in [2.75, 3.05) is 0 Å². The van der Waals surface area contributed by atoms with Gasteiger partial charge in [-0.3, -0.25) is 9.59 Å². The van der Waals surface area contributed by atoms with Crippen LogP contribution in [0, 0.1) is 0 Å². The first-order valence-electron chi connectivity index (χ1n) is 12.5. The summed E-state index contributed by atoms with van der Waals surface area (Å²) < 4.78 is 11.5. The van der Waals surface area contributed by atoms with Crippen molar-refractivity contribution in [1.82, 2.24) is 4.90 Å². The number of carbonyl (C=O) groups excluding carboxylic acids is 1. The Balaban J connectivity index is 1.29. The normalized spacial score (nSPS) is 13.1. The highest BCUT2D eigenvalue weighted by Gasteiger charge is 2.30. The first-order chi connectivity index (χ1) is 18.1. The highest BCUT2D eigenvalue weighted by molar-refractivity contribution is 5.95. The molecule has 0 saturated heterocycles. The van der Waals surface area contributed by atoms with Crippen LogP contribution < -0.4 is 4.74 Å². The minimum Gasteiger partial charge on any atom is -0.489 e. The number of hydrogen-bond donors (Lipinski definition) is 1. The average molecular weight is 496 g/mol. The Kier molecular flexibility index (Phi) is 7.36. The summed E-state index contributed by atoms with van der Waals surface area (Å²) in [6.07, 6.45) is 4.78. The fraction of sp³-hybridized carbons (Fsp3) is 0.226. The maximum Gasteiger partial charge on any atom is 0.307 e. The van der Waals surface area contributed by atoms with Gasteiger partial charge in [0.2, 0.25) is 0 Å². The summed E-state index contributed by atoms with van der Waals surface area (Å²) >= 11 is 0. The van der Waals surface area contributed by atoms with Crippen LogP contribution in [0.1, 0.15) is 46.3 Å². The third-order valence-electron chi connectivity index (χ3n) is 6.85. The first-order valence-corrected chi connectivity index (χ1v) is 12.5. The second-order valence-corrected chi connectivity index (χ2v) is 9.34. The van der Waals surface area contributed by atoms with Crippen molar-refractivity contribution in [3.05, 3.63) is 113 Å². The standard InChI is InChI=1S/C31H29NO5/c33-30(34)19-22-10-16-28(17-11-22)37-21-26-6-2-1-5-25(26)20-32(27-7-3-8-27)31(35)24-14-12-23(13-15-24)29-9-4-18-36-29/h1-2,4-6,9-18,27H,3,7-8,19-21H2,(H,33,34). The van der Waals surface area contributed by atoms with E-state index in [1.54, 1.807) is 30.5 Å². The lowest BCUT2D eigenvalue weighted by molar-refractivity contribution is -0.136. The van der Waals surface area contributed by atoms with Gasteiger partial charge in [-0.15, -0.1) is 0 Å². The van der Waals surface area contributed by atoms with E-state index in [2.05, 4.69) is 0 Å². The monoisotopic (exact) mass is 495 g/mol. The summed E-state index contributed by atoms with van der Waals surface area (Å²) in [6, 6.07) is 26.7. The molecule has 5 rings (SSSR count). The van der Waals surface area contributed by atoms with Gasteiger partial charge in [-0.1, -0.05) is 48.5 Å². The maximum absolute atomic E-state index is 13.6. The zero-order valence-corrected chi connectivity index (χ0v) is 20.5. The van der Waals surface area contributed by atoms with Crippen LogP contribution in [0.3, 0.4) is 0 Å². The molecule has 0 spiro atoms. The van der Waals surface area contributed by atoms with E-state index in [-0.39, 0.29) is 18.4 Å². The number of hydrogen-bond acceptors (Lipinski definition) is 4. The predicted molar refractivity (Wildman–Crippen MR) is 140 cm³/mol. The van der Waals surface area contributed by atoms with Gasteiger partial charge in [0.1, 0.15) is 18.1 Å². The molecule has 1 fully saturated rings.